The standard InChI is InChI=1S/C16H19ClN4O3/c1-23-14-8-13(15(24-2)7-12(14)17)20-10-11(9-18)16(22)21-5-3-19-4-6-21/h7-8,10,19-20H,3-6H2,1-2H3/b11-10-. The van der Waals surface area contributed by atoms with E-state index in [1.165, 1.54) is 20.4 Å². The Kier molecular flexibility index (Phi) is 6.29. The SMILES string of the molecule is COc1cc(N/C=C(/C#N)C(=O)N2CCNCC2)c(OC)cc1Cl. The van der Waals surface area contributed by atoms with Crippen molar-refractivity contribution in [1.82, 2.24) is 10.2 Å². The van der Waals surface area contributed by atoms with E-state index >= 15 is 0 Å². The molecule has 1 aliphatic rings. The van der Waals surface area contributed by atoms with Crippen molar-refractivity contribution >= 4 is 23.2 Å². The molecule has 0 aromatic heterocycles. The Morgan fingerprint density at radius 2 is 2.00 bits per heavy atom. The van der Waals surface area contributed by atoms with Gasteiger partial charge in [-0.2, -0.15) is 5.26 Å². The van der Waals surface area contributed by atoms with Crippen LogP contribution in [0.5, 0.6) is 11.5 Å². The molecule has 0 unspecified atom stereocenters. The molecular weight excluding hydrogens is 332 g/mol. The average molecular weight is 351 g/mol. The summed E-state index contributed by atoms with van der Waals surface area (Å²) in [7, 11) is 3.01. The van der Waals surface area contributed by atoms with E-state index in [0.717, 1.165) is 13.1 Å². The van der Waals surface area contributed by atoms with Gasteiger partial charge in [0.1, 0.15) is 23.1 Å². The maximum absolute atomic E-state index is 12.4. The van der Waals surface area contributed by atoms with E-state index in [4.69, 9.17) is 21.1 Å². The first kappa shape index (κ1) is 17.9. The van der Waals surface area contributed by atoms with Gasteiger partial charge in [-0.25, -0.2) is 0 Å². The molecule has 1 amide bonds. The Morgan fingerprint density at radius 1 is 1.33 bits per heavy atom. The maximum Gasteiger partial charge on any atom is 0.266 e. The van der Waals surface area contributed by atoms with E-state index in [1.807, 2.05) is 6.07 Å². The fourth-order valence-corrected chi connectivity index (χ4v) is 2.53. The van der Waals surface area contributed by atoms with Crippen LogP contribution in [0.25, 0.3) is 0 Å². The number of rotatable bonds is 5. The van der Waals surface area contributed by atoms with E-state index in [-0.39, 0.29) is 11.5 Å². The average Bonchev–Trinajstić information content (AvgIpc) is 2.63. The summed E-state index contributed by atoms with van der Waals surface area (Å²) in [6.07, 6.45) is 1.37. The van der Waals surface area contributed by atoms with Crippen LogP contribution in [0.1, 0.15) is 0 Å². The minimum Gasteiger partial charge on any atom is -0.495 e. The van der Waals surface area contributed by atoms with E-state index in [9.17, 15) is 10.1 Å². The normalized spacial score (nSPS) is 14.8. The minimum absolute atomic E-state index is 0.0212. The van der Waals surface area contributed by atoms with Gasteiger partial charge in [0, 0.05) is 44.5 Å². The highest BCUT2D eigenvalue weighted by Gasteiger charge is 2.20. The number of piperazine rings is 1. The van der Waals surface area contributed by atoms with Crippen LogP contribution in [0.2, 0.25) is 5.02 Å². The summed E-state index contributed by atoms with van der Waals surface area (Å²) in [5, 5.41) is 15.8. The van der Waals surface area contributed by atoms with Gasteiger partial charge in [0.2, 0.25) is 0 Å². The van der Waals surface area contributed by atoms with Crippen molar-refractivity contribution < 1.29 is 14.3 Å². The van der Waals surface area contributed by atoms with Gasteiger partial charge in [0.15, 0.2) is 0 Å². The van der Waals surface area contributed by atoms with Crippen LogP contribution >= 0.6 is 11.6 Å². The third-order valence-electron chi connectivity index (χ3n) is 3.60. The maximum atomic E-state index is 12.4. The minimum atomic E-state index is -0.300. The molecular formula is C16H19ClN4O3. The number of amides is 1. The van der Waals surface area contributed by atoms with Crippen molar-refractivity contribution in [1.29, 1.82) is 5.26 Å². The predicted octanol–water partition coefficient (Wildman–Crippen LogP) is 1.61. The number of nitrogens with zero attached hydrogens (tertiary/aromatic N) is 2. The van der Waals surface area contributed by atoms with Gasteiger partial charge in [-0.05, 0) is 0 Å². The molecule has 0 spiro atoms. The van der Waals surface area contributed by atoms with Crippen LogP contribution in [-0.2, 0) is 4.79 Å². The van der Waals surface area contributed by atoms with Crippen LogP contribution in [0, 0.1) is 11.3 Å². The molecule has 128 valence electrons. The zero-order chi connectivity index (χ0) is 17.5. The van der Waals surface area contributed by atoms with Crippen LogP contribution in [0.4, 0.5) is 5.69 Å². The Morgan fingerprint density at radius 3 is 2.58 bits per heavy atom. The molecule has 0 bridgehead atoms. The number of halogens is 1. The number of hydrogen-bond acceptors (Lipinski definition) is 6. The second-order valence-corrected chi connectivity index (χ2v) is 5.45. The van der Waals surface area contributed by atoms with Gasteiger partial charge in [0.25, 0.3) is 5.91 Å². The first-order valence-electron chi connectivity index (χ1n) is 7.39. The lowest BCUT2D eigenvalue weighted by Gasteiger charge is -2.27. The highest BCUT2D eigenvalue weighted by atomic mass is 35.5. The fourth-order valence-electron chi connectivity index (χ4n) is 2.30. The largest absolute Gasteiger partial charge is 0.495 e. The van der Waals surface area contributed by atoms with E-state index in [0.29, 0.717) is 35.3 Å². The Bertz CT molecular complexity index is 679. The van der Waals surface area contributed by atoms with Gasteiger partial charge in [-0.15, -0.1) is 0 Å². The summed E-state index contributed by atoms with van der Waals surface area (Å²) in [5.41, 5.74) is 0.562. The zero-order valence-corrected chi connectivity index (χ0v) is 14.3. The van der Waals surface area contributed by atoms with E-state index < -0.39 is 0 Å². The monoisotopic (exact) mass is 350 g/mol. The van der Waals surface area contributed by atoms with Gasteiger partial charge in [-0.3, -0.25) is 4.79 Å². The van der Waals surface area contributed by atoms with Crippen molar-refractivity contribution in [3.8, 4) is 17.6 Å². The van der Waals surface area contributed by atoms with Gasteiger partial charge >= 0.3 is 0 Å². The molecule has 8 heteroatoms. The summed E-state index contributed by atoms with van der Waals surface area (Å²) in [5.74, 6) is 0.635. The molecule has 7 nitrogen and oxygen atoms in total. The number of carbonyl (C=O) groups excluding carboxylic acids is 1. The first-order chi connectivity index (χ1) is 11.6. The highest BCUT2D eigenvalue weighted by molar-refractivity contribution is 6.32. The lowest BCUT2D eigenvalue weighted by Crippen LogP contribution is -2.46. The van der Waals surface area contributed by atoms with Gasteiger partial charge < -0.3 is 25.0 Å². The number of anilines is 1. The third kappa shape index (κ3) is 4.10. The van der Waals surface area contributed by atoms with Crippen LogP contribution < -0.4 is 20.1 Å². The first-order valence-corrected chi connectivity index (χ1v) is 7.76. The van der Waals surface area contributed by atoms with Gasteiger partial charge in [-0.1, -0.05) is 11.6 Å². The quantitative estimate of drug-likeness (QED) is 0.619. The van der Waals surface area contributed by atoms with E-state index in [2.05, 4.69) is 10.6 Å². The molecule has 2 N–H and O–H groups in total. The summed E-state index contributed by atoms with van der Waals surface area (Å²) in [6, 6.07) is 5.17. The summed E-state index contributed by atoms with van der Waals surface area (Å²) in [6.45, 7) is 2.60. The third-order valence-corrected chi connectivity index (χ3v) is 3.90. The van der Waals surface area contributed by atoms with Crippen LogP contribution in [0.15, 0.2) is 23.9 Å². The summed E-state index contributed by atoms with van der Waals surface area (Å²) in [4.78, 5) is 14.0. The van der Waals surface area contributed by atoms with Crippen molar-refractivity contribution in [2.24, 2.45) is 0 Å². The second kappa shape index (κ2) is 8.43. The number of benzene rings is 1. The zero-order valence-electron chi connectivity index (χ0n) is 13.6. The number of hydrogen-bond donors (Lipinski definition) is 2. The molecule has 1 fully saturated rings. The molecule has 2 rings (SSSR count). The van der Waals surface area contributed by atoms with E-state index in [1.54, 1.807) is 17.0 Å². The topological polar surface area (TPSA) is 86.6 Å². The summed E-state index contributed by atoms with van der Waals surface area (Å²) >= 11 is 6.06. The molecule has 24 heavy (non-hydrogen) atoms. The molecule has 1 saturated heterocycles. The lowest BCUT2D eigenvalue weighted by molar-refractivity contribution is -0.127. The number of nitrogens with one attached hydrogen (secondary N) is 2. The Balaban J connectivity index is 2.21. The van der Waals surface area contributed by atoms with Crippen LogP contribution in [0.3, 0.4) is 0 Å². The van der Waals surface area contributed by atoms with Crippen molar-refractivity contribution in [2.45, 2.75) is 0 Å². The fraction of sp³-hybridized carbons (Fsp3) is 0.375. The van der Waals surface area contributed by atoms with Gasteiger partial charge in [0.05, 0.1) is 24.9 Å². The Labute approximate surface area is 145 Å². The number of ether oxygens (including phenoxy) is 2. The van der Waals surface area contributed by atoms with Crippen LogP contribution in [-0.4, -0.2) is 51.2 Å². The second-order valence-electron chi connectivity index (χ2n) is 5.04. The number of carbonyl (C=O) groups is 1. The molecule has 1 aromatic rings. The Hall–Kier alpha value is -2.43. The molecule has 0 radical (unpaired) electrons. The smallest absolute Gasteiger partial charge is 0.266 e. The van der Waals surface area contributed by atoms with Crippen molar-refractivity contribution in [3.63, 3.8) is 0 Å². The number of nitriles is 1. The van der Waals surface area contributed by atoms with Crippen molar-refractivity contribution in [3.05, 3.63) is 28.9 Å². The number of methoxy groups -OCH3 is 2. The molecule has 1 aliphatic heterocycles. The molecule has 1 aromatic carbocycles. The lowest BCUT2D eigenvalue weighted by atomic mass is 10.2. The molecule has 0 aliphatic carbocycles. The summed E-state index contributed by atoms with van der Waals surface area (Å²) < 4.78 is 10.4. The predicted molar refractivity (Wildman–Crippen MR) is 91.3 cm³/mol. The van der Waals surface area contributed by atoms with Crippen molar-refractivity contribution in [2.75, 3.05) is 45.7 Å². The molecule has 0 saturated carbocycles. The molecule has 1 heterocycles. The highest BCUT2D eigenvalue weighted by Crippen LogP contribution is 2.35. The molecule has 0 atom stereocenters.